The van der Waals surface area contributed by atoms with Crippen LogP contribution in [0.2, 0.25) is 0 Å². The summed E-state index contributed by atoms with van der Waals surface area (Å²) in [6, 6.07) is 20.2. The molecule has 0 aliphatic carbocycles. The number of nitro benzene ring substituents is 1. The Kier molecular flexibility index (Phi) is 5.69. The molecule has 0 N–H and O–H groups in total. The Labute approximate surface area is 186 Å². The smallest absolute Gasteiger partial charge is 0.269 e. The molecular formula is C26H23N3O3. The van der Waals surface area contributed by atoms with Gasteiger partial charge in [0.25, 0.3) is 5.69 Å². The Balaban J connectivity index is 1.48. The molecule has 1 aromatic heterocycles. The lowest BCUT2D eigenvalue weighted by Gasteiger charge is -2.18. The minimum absolute atomic E-state index is 0.0706. The zero-order valence-electron chi connectivity index (χ0n) is 18.1. The Morgan fingerprint density at radius 2 is 1.72 bits per heavy atom. The second-order valence-corrected chi connectivity index (χ2v) is 8.48. The van der Waals surface area contributed by atoms with Crippen molar-refractivity contribution in [3.05, 3.63) is 94.0 Å². The molecule has 0 amide bonds. The number of benzene rings is 3. The second-order valence-electron chi connectivity index (χ2n) is 8.48. The minimum Gasteiger partial charge on any atom is -0.436 e. The van der Waals surface area contributed by atoms with Gasteiger partial charge in [-0.15, -0.1) is 0 Å². The highest BCUT2D eigenvalue weighted by Crippen LogP contribution is 2.29. The summed E-state index contributed by atoms with van der Waals surface area (Å²) in [5, 5.41) is 10.7. The van der Waals surface area contributed by atoms with Crippen molar-refractivity contribution in [2.75, 3.05) is 0 Å². The lowest BCUT2D eigenvalue weighted by atomic mass is 9.87. The maximum atomic E-state index is 10.7. The van der Waals surface area contributed by atoms with Crippen LogP contribution in [0.4, 0.5) is 11.4 Å². The summed E-state index contributed by atoms with van der Waals surface area (Å²) in [4.78, 5) is 19.3. The van der Waals surface area contributed by atoms with E-state index in [0.29, 0.717) is 11.5 Å². The number of hydrogen-bond acceptors (Lipinski definition) is 5. The largest absolute Gasteiger partial charge is 0.436 e. The van der Waals surface area contributed by atoms with E-state index in [0.717, 1.165) is 22.3 Å². The number of nitro groups is 1. The quantitative estimate of drug-likeness (QED) is 0.194. The predicted molar refractivity (Wildman–Crippen MR) is 128 cm³/mol. The van der Waals surface area contributed by atoms with Gasteiger partial charge in [-0.25, -0.2) is 4.98 Å². The predicted octanol–water partition coefficient (Wildman–Crippen LogP) is 7.12. The highest BCUT2D eigenvalue weighted by atomic mass is 16.6. The summed E-state index contributed by atoms with van der Waals surface area (Å²) in [6.07, 6.45) is 5.30. The molecule has 0 radical (unpaired) electrons. The summed E-state index contributed by atoms with van der Waals surface area (Å²) in [6.45, 7) is 6.56. The van der Waals surface area contributed by atoms with Gasteiger partial charge in [0.15, 0.2) is 5.58 Å². The molecule has 0 aliphatic heterocycles. The molecule has 0 bridgehead atoms. The summed E-state index contributed by atoms with van der Waals surface area (Å²) in [5.74, 6) is 0.583. The fraction of sp³-hybridized carbons (Fsp3) is 0.154. The number of nitrogens with zero attached hydrogens (tertiary/aromatic N) is 3. The van der Waals surface area contributed by atoms with Gasteiger partial charge in [0.05, 0.1) is 10.6 Å². The van der Waals surface area contributed by atoms with Crippen LogP contribution in [0.1, 0.15) is 31.9 Å². The van der Waals surface area contributed by atoms with E-state index in [1.54, 1.807) is 24.4 Å². The van der Waals surface area contributed by atoms with Crippen molar-refractivity contribution in [3.8, 4) is 11.5 Å². The molecule has 4 aromatic rings. The third-order valence-electron chi connectivity index (χ3n) is 5.07. The number of oxazole rings is 1. The van der Waals surface area contributed by atoms with Gasteiger partial charge in [-0.1, -0.05) is 39.0 Å². The first-order chi connectivity index (χ1) is 15.3. The number of hydrogen-bond donors (Lipinski definition) is 0. The second kappa shape index (κ2) is 8.59. The number of fused-ring (bicyclic) bond motifs is 1. The third-order valence-corrected chi connectivity index (χ3v) is 5.07. The van der Waals surface area contributed by atoms with Gasteiger partial charge >= 0.3 is 0 Å². The summed E-state index contributed by atoms with van der Waals surface area (Å²) in [7, 11) is 0. The van der Waals surface area contributed by atoms with Gasteiger partial charge in [-0.2, -0.15) is 0 Å². The van der Waals surface area contributed by atoms with Crippen molar-refractivity contribution in [3.63, 3.8) is 0 Å². The first-order valence-electron chi connectivity index (χ1n) is 10.3. The lowest BCUT2D eigenvalue weighted by molar-refractivity contribution is -0.384. The van der Waals surface area contributed by atoms with Gasteiger partial charge < -0.3 is 4.42 Å². The number of aliphatic imine (C=N–C) groups is 1. The Morgan fingerprint density at radius 1 is 1.00 bits per heavy atom. The molecule has 0 aliphatic rings. The molecule has 0 saturated carbocycles. The van der Waals surface area contributed by atoms with Gasteiger partial charge in [0, 0.05) is 23.9 Å². The van der Waals surface area contributed by atoms with Crippen LogP contribution >= 0.6 is 0 Å². The van der Waals surface area contributed by atoms with E-state index in [1.165, 1.54) is 17.7 Å². The maximum absolute atomic E-state index is 10.7. The van der Waals surface area contributed by atoms with Crippen molar-refractivity contribution in [2.24, 2.45) is 4.99 Å². The minimum atomic E-state index is -0.415. The SMILES string of the molecule is CC(C)(C)c1ccc(-c2nc3cc(N=CC=Cc4ccc([N+](=O)[O-])cc4)ccc3o2)cc1. The monoisotopic (exact) mass is 425 g/mol. The summed E-state index contributed by atoms with van der Waals surface area (Å²) in [5.41, 5.74) is 5.43. The van der Waals surface area contributed by atoms with Crippen molar-refractivity contribution >= 4 is 34.8 Å². The highest BCUT2D eigenvalue weighted by molar-refractivity contribution is 5.84. The van der Waals surface area contributed by atoms with Crippen LogP contribution in [-0.2, 0) is 5.41 Å². The summed E-state index contributed by atoms with van der Waals surface area (Å²) < 4.78 is 5.92. The van der Waals surface area contributed by atoms with Gasteiger partial charge in [0.2, 0.25) is 5.89 Å². The molecule has 4 rings (SSSR count). The molecular weight excluding hydrogens is 402 g/mol. The van der Waals surface area contributed by atoms with Crippen LogP contribution in [0.3, 0.4) is 0 Å². The molecule has 0 fully saturated rings. The Bertz CT molecular complexity index is 1310. The third kappa shape index (κ3) is 4.81. The Hall–Kier alpha value is -4.06. The van der Waals surface area contributed by atoms with Crippen LogP contribution in [0.15, 0.2) is 82.2 Å². The number of allylic oxidation sites excluding steroid dienone is 1. The van der Waals surface area contributed by atoms with E-state index in [2.05, 4.69) is 42.9 Å². The van der Waals surface area contributed by atoms with Crippen LogP contribution in [0.5, 0.6) is 0 Å². The van der Waals surface area contributed by atoms with E-state index in [4.69, 9.17) is 4.42 Å². The number of rotatable bonds is 5. The van der Waals surface area contributed by atoms with Crippen molar-refractivity contribution in [1.29, 1.82) is 0 Å². The van der Waals surface area contributed by atoms with Crippen LogP contribution < -0.4 is 0 Å². The molecule has 0 unspecified atom stereocenters. The van der Waals surface area contributed by atoms with Crippen molar-refractivity contribution in [2.45, 2.75) is 26.2 Å². The molecule has 3 aromatic carbocycles. The molecule has 32 heavy (non-hydrogen) atoms. The molecule has 160 valence electrons. The molecule has 1 heterocycles. The average molecular weight is 425 g/mol. The van der Waals surface area contributed by atoms with Gasteiger partial charge in [-0.05, 0) is 65.1 Å². The van der Waals surface area contributed by atoms with Crippen molar-refractivity contribution < 1.29 is 9.34 Å². The standard InChI is InChI=1S/C26H23N3O3/c1-26(2,3)20-10-8-19(9-11-20)25-28-23-17-21(12-15-24(23)32-25)27-16-4-5-18-6-13-22(14-7-18)29(30)31/h4-17H,1-3H3. The molecule has 0 spiro atoms. The summed E-state index contributed by atoms with van der Waals surface area (Å²) >= 11 is 0. The molecule has 6 heteroatoms. The number of non-ortho nitro benzene ring substituents is 1. The van der Waals surface area contributed by atoms with Gasteiger partial charge in [-0.3, -0.25) is 15.1 Å². The molecule has 0 atom stereocenters. The van der Waals surface area contributed by atoms with E-state index in [-0.39, 0.29) is 11.1 Å². The van der Waals surface area contributed by atoms with E-state index in [1.807, 2.05) is 36.4 Å². The zero-order chi connectivity index (χ0) is 22.7. The highest BCUT2D eigenvalue weighted by Gasteiger charge is 2.14. The molecule has 6 nitrogen and oxygen atoms in total. The fourth-order valence-corrected chi connectivity index (χ4v) is 3.22. The van der Waals surface area contributed by atoms with Crippen LogP contribution in [0, 0.1) is 10.1 Å². The number of aromatic nitrogens is 1. The normalized spacial score (nSPS) is 12.2. The Morgan fingerprint density at radius 3 is 2.38 bits per heavy atom. The molecule has 0 saturated heterocycles. The topological polar surface area (TPSA) is 81.5 Å². The van der Waals surface area contributed by atoms with E-state index >= 15 is 0 Å². The van der Waals surface area contributed by atoms with Crippen molar-refractivity contribution in [1.82, 2.24) is 4.98 Å². The van der Waals surface area contributed by atoms with Gasteiger partial charge in [0.1, 0.15) is 5.52 Å². The van der Waals surface area contributed by atoms with E-state index in [9.17, 15) is 10.1 Å². The average Bonchev–Trinajstić information content (AvgIpc) is 3.20. The van der Waals surface area contributed by atoms with Crippen LogP contribution in [-0.4, -0.2) is 16.1 Å². The van der Waals surface area contributed by atoms with Crippen LogP contribution in [0.25, 0.3) is 28.6 Å². The first kappa shape index (κ1) is 21.2. The lowest BCUT2D eigenvalue weighted by Crippen LogP contribution is -2.10. The first-order valence-corrected chi connectivity index (χ1v) is 10.3. The zero-order valence-corrected chi connectivity index (χ0v) is 18.1. The fourth-order valence-electron chi connectivity index (χ4n) is 3.22. The maximum Gasteiger partial charge on any atom is 0.269 e. The van der Waals surface area contributed by atoms with E-state index < -0.39 is 4.92 Å².